The molecule has 2 N–H and O–H groups in total. The van der Waals surface area contributed by atoms with Crippen molar-refractivity contribution in [1.82, 2.24) is 5.32 Å². The topological polar surface area (TPSA) is 66.4 Å². The lowest BCUT2D eigenvalue weighted by molar-refractivity contribution is -0.175. The fourth-order valence-corrected chi connectivity index (χ4v) is 1.10. The number of alkyl halides is 3. The molecule has 0 fully saturated rings. The lowest BCUT2D eigenvalue weighted by Crippen LogP contribution is -2.46. The molecule has 1 amide bonds. The molecule has 0 saturated carbocycles. The van der Waals surface area contributed by atoms with Gasteiger partial charge in [0, 0.05) is 0 Å². The highest BCUT2D eigenvalue weighted by Gasteiger charge is 2.40. The van der Waals surface area contributed by atoms with Crippen LogP contribution in [0, 0.1) is 0 Å². The molecule has 0 spiro atoms. The molecule has 1 atom stereocenters. The number of carboxylic acids is 1. The number of hydrogen-bond acceptors (Lipinski definition) is 2. The van der Waals surface area contributed by atoms with E-state index in [1.165, 1.54) is 5.32 Å². The summed E-state index contributed by atoms with van der Waals surface area (Å²) in [5.41, 5.74) is 0. The summed E-state index contributed by atoms with van der Waals surface area (Å²) in [6, 6.07) is -1.47. The minimum atomic E-state index is -5.04. The lowest BCUT2D eigenvalue weighted by atomic mass is 10.1. The Balaban J connectivity index is 4.24. The zero-order valence-corrected chi connectivity index (χ0v) is 8.80. The van der Waals surface area contributed by atoms with E-state index in [4.69, 9.17) is 5.11 Å². The van der Waals surface area contributed by atoms with E-state index in [0.717, 1.165) is 6.42 Å². The number of carbonyl (C=O) groups is 2. The van der Waals surface area contributed by atoms with Gasteiger partial charge in [-0.25, -0.2) is 4.79 Å². The molecule has 0 unspecified atom stereocenters. The summed E-state index contributed by atoms with van der Waals surface area (Å²) in [6.45, 7) is 1.88. The maximum absolute atomic E-state index is 11.9. The molecule has 4 nitrogen and oxygen atoms in total. The van der Waals surface area contributed by atoms with Crippen LogP contribution in [-0.2, 0) is 9.59 Å². The minimum Gasteiger partial charge on any atom is -0.480 e. The van der Waals surface area contributed by atoms with Crippen LogP contribution in [0.5, 0.6) is 0 Å². The SMILES string of the molecule is CCCCC[C@@H](NC(=O)C(F)(F)F)C(=O)O. The third-order valence-corrected chi connectivity index (χ3v) is 1.96. The maximum atomic E-state index is 11.9. The molecule has 16 heavy (non-hydrogen) atoms. The van der Waals surface area contributed by atoms with Crippen molar-refractivity contribution in [2.75, 3.05) is 0 Å². The van der Waals surface area contributed by atoms with Crippen LogP contribution in [0.4, 0.5) is 13.2 Å². The molecule has 0 aromatic carbocycles. The van der Waals surface area contributed by atoms with E-state index >= 15 is 0 Å². The van der Waals surface area contributed by atoms with E-state index in [0.29, 0.717) is 12.8 Å². The lowest BCUT2D eigenvalue weighted by Gasteiger charge is -2.15. The van der Waals surface area contributed by atoms with Crippen LogP contribution >= 0.6 is 0 Å². The van der Waals surface area contributed by atoms with E-state index < -0.39 is 24.1 Å². The normalized spacial score (nSPS) is 13.2. The fourth-order valence-electron chi connectivity index (χ4n) is 1.10. The molecule has 0 bridgehead atoms. The predicted molar refractivity (Wildman–Crippen MR) is 49.8 cm³/mol. The summed E-state index contributed by atoms with van der Waals surface area (Å²) >= 11 is 0. The van der Waals surface area contributed by atoms with Gasteiger partial charge in [-0.3, -0.25) is 4.79 Å². The summed E-state index contributed by atoms with van der Waals surface area (Å²) < 4.78 is 35.6. The Hall–Kier alpha value is -1.27. The van der Waals surface area contributed by atoms with Crippen molar-refractivity contribution in [3.63, 3.8) is 0 Å². The van der Waals surface area contributed by atoms with E-state index in [2.05, 4.69) is 0 Å². The number of rotatable bonds is 6. The molecule has 0 saturated heterocycles. The molecule has 7 heteroatoms. The zero-order valence-electron chi connectivity index (χ0n) is 8.80. The van der Waals surface area contributed by atoms with Gasteiger partial charge in [0.2, 0.25) is 0 Å². The first kappa shape index (κ1) is 14.7. The highest BCUT2D eigenvalue weighted by molar-refractivity contribution is 5.86. The highest BCUT2D eigenvalue weighted by atomic mass is 19.4. The van der Waals surface area contributed by atoms with Crippen molar-refractivity contribution in [3.8, 4) is 0 Å². The summed E-state index contributed by atoms with van der Waals surface area (Å²) in [5, 5.41) is 10.1. The summed E-state index contributed by atoms with van der Waals surface area (Å²) in [6.07, 6.45) is -3.04. The molecule has 0 aliphatic rings. The molecule has 0 aromatic heterocycles. The van der Waals surface area contributed by atoms with Crippen LogP contribution < -0.4 is 5.32 Å². The number of carboxylic acid groups (broad SMARTS) is 1. The van der Waals surface area contributed by atoms with Gasteiger partial charge in [-0.1, -0.05) is 26.2 Å². The Morgan fingerprint density at radius 2 is 1.88 bits per heavy atom. The molecule has 0 aliphatic carbocycles. The Bertz CT molecular complexity index is 253. The van der Waals surface area contributed by atoms with Gasteiger partial charge in [-0.15, -0.1) is 0 Å². The molecule has 0 radical (unpaired) electrons. The Morgan fingerprint density at radius 3 is 2.25 bits per heavy atom. The van der Waals surface area contributed by atoms with E-state index in [1.807, 2.05) is 6.92 Å². The number of halogens is 3. The molecule has 0 rings (SSSR count). The Morgan fingerprint density at radius 1 is 1.31 bits per heavy atom. The number of unbranched alkanes of at least 4 members (excludes halogenated alkanes) is 2. The van der Waals surface area contributed by atoms with Gasteiger partial charge in [-0.05, 0) is 6.42 Å². The molecular weight excluding hydrogens is 227 g/mol. The minimum absolute atomic E-state index is 0.00495. The van der Waals surface area contributed by atoms with Crippen molar-refractivity contribution in [1.29, 1.82) is 0 Å². The highest BCUT2D eigenvalue weighted by Crippen LogP contribution is 2.15. The number of amides is 1. The van der Waals surface area contributed by atoms with Crippen LogP contribution in [-0.4, -0.2) is 29.2 Å². The largest absolute Gasteiger partial charge is 0.480 e. The van der Waals surface area contributed by atoms with Crippen LogP contribution in [0.1, 0.15) is 32.6 Å². The predicted octanol–water partition coefficient (Wildman–Crippen LogP) is 1.70. The standard InChI is InChI=1S/C9H14F3NO3/c1-2-3-4-5-6(7(14)15)13-8(16)9(10,11)12/h6H,2-5H2,1H3,(H,13,16)(H,14,15)/t6-/m1/s1. The van der Waals surface area contributed by atoms with Crippen LogP contribution in [0.15, 0.2) is 0 Å². The smallest absolute Gasteiger partial charge is 0.471 e. The Labute approximate surface area is 90.8 Å². The number of carbonyl (C=O) groups excluding carboxylic acids is 1. The number of hydrogen-bond donors (Lipinski definition) is 2. The third-order valence-electron chi connectivity index (χ3n) is 1.96. The van der Waals surface area contributed by atoms with Gasteiger partial charge in [0.1, 0.15) is 6.04 Å². The second kappa shape index (κ2) is 6.34. The monoisotopic (exact) mass is 241 g/mol. The summed E-state index contributed by atoms with van der Waals surface area (Å²) in [5.74, 6) is -3.66. The van der Waals surface area contributed by atoms with Crippen molar-refractivity contribution < 1.29 is 27.9 Å². The van der Waals surface area contributed by atoms with Crippen LogP contribution in [0.25, 0.3) is 0 Å². The van der Waals surface area contributed by atoms with Gasteiger partial charge in [0.15, 0.2) is 0 Å². The summed E-state index contributed by atoms with van der Waals surface area (Å²) in [4.78, 5) is 21.1. The fraction of sp³-hybridized carbons (Fsp3) is 0.778. The second-order valence-corrected chi connectivity index (χ2v) is 3.36. The first-order valence-corrected chi connectivity index (χ1v) is 4.89. The van der Waals surface area contributed by atoms with Gasteiger partial charge in [0.05, 0.1) is 0 Å². The van der Waals surface area contributed by atoms with Crippen molar-refractivity contribution in [2.24, 2.45) is 0 Å². The van der Waals surface area contributed by atoms with Crippen LogP contribution in [0.2, 0.25) is 0 Å². The molecule has 94 valence electrons. The number of nitrogens with one attached hydrogen (secondary N) is 1. The van der Waals surface area contributed by atoms with Crippen molar-refractivity contribution in [3.05, 3.63) is 0 Å². The molecular formula is C9H14F3NO3. The zero-order chi connectivity index (χ0) is 12.8. The van der Waals surface area contributed by atoms with Crippen molar-refractivity contribution >= 4 is 11.9 Å². The number of aliphatic carboxylic acids is 1. The van der Waals surface area contributed by atoms with Gasteiger partial charge in [0.25, 0.3) is 0 Å². The first-order chi connectivity index (χ1) is 7.29. The third kappa shape index (κ3) is 5.57. The molecule has 0 aliphatic heterocycles. The van der Waals surface area contributed by atoms with Crippen LogP contribution in [0.3, 0.4) is 0 Å². The maximum Gasteiger partial charge on any atom is 0.471 e. The average molecular weight is 241 g/mol. The molecule has 0 aromatic rings. The average Bonchev–Trinajstić information content (AvgIpc) is 2.14. The van der Waals surface area contributed by atoms with Gasteiger partial charge in [-0.2, -0.15) is 13.2 Å². The first-order valence-electron chi connectivity index (χ1n) is 4.89. The summed E-state index contributed by atoms with van der Waals surface area (Å²) in [7, 11) is 0. The molecule has 0 heterocycles. The van der Waals surface area contributed by atoms with E-state index in [-0.39, 0.29) is 6.42 Å². The van der Waals surface area contributed by atoms with Gasteiger partial charge >= 0.3 is 18.1 Å². The van der Waals surface area contributed by atoms with E-state index in [9.17, 15) is 22.8 Å². The van der Waals surface area contributed by atoms with Gasteiger partial charge < -0.3 is 10.4 Å². The van der Waals surface area contributed by atoms with Crippen molar-refractivity contribution in [2.45, 2.75) is 44.8 Å². The quantitative estimate of drug-likeness (QED) is 0.695. The van der Waals surface area contributed by atoms with E-state index in [1.54, 1.807) is 0 Å². The second-order valence-electron chi connectivity index (χ2n) is 3.36. The Kier molecular flexibility index (Phi) is 5.84.